The molecule has 100 valence electrons. The Kier molecular flexibility index (Phi) is 5.19. The van der Waals surface area contributed by atoms with E-state index in [1.807, 2.05) is 7.05 Å². The van der Waals surface area contributed by atoms with Crippen LogP contribution in [0.15, 0.2) is 42.5 Å². The highest BCUT2D eigenvalue weighted by molar-refractivity contribution is 14.1. The molecule has 0 heterocycles. The first-order valence-electron chi connectivity index (χ1n) is 5.97. The Morgan fingerprint density at radius 1 is 1.21 bits per heavy atom. The molecule has 0 radical (unpaired) electrons. The lowest BCUT2D eigenvalue weighted by atomic mass is 9.99. The van der Waals surface area contributed by atoms with Gasteiger partial charge in [0.05, 0.1) is 0 Å². The van der Waals surface area contributed by atoms with Gasteiger partial charge in [0.15, 0.2) is 0 Å². The number of halogens is 3. The van der Waals surface area contributed by atoms with Gasteiger partial charge in [0, 0.05) is 14.6 Å². The van der Waals surface area contributed by atoms with Crippen molar-refractivity contribution in [2.45, 2.75) is 12.5 Å². The molecule has 0 aliphatic heterocycles. The van der Waals surface area contributed by atoms with Crippen LogP contribution in [0, 0.1) is 9.39 Å². The topological polar surface area (TPSA) is 12.0 Å². The first-order valence-corrected chi connectivity index (χ1v) is 7.42. The molecule has 1 unspecified atom stereocenters. The summed E-state index contributed by atoms with van der Waals surface area (Å²) in [5.41, 5.74) is 2.14. The fourth-order valence-electron chi connectivity index (χ4n) is 2.01. The van der Waals surface area contributed by atoms with Crippen molar-refractivity contribution in [2.24, 2.45) is 0 Å². The van der Waals surface area contributed by atoms with Crippen molar-refractivity contribution < 1.29 is 4.39 Å². The monoisotopic (exact) mass is 389 g/mol. The molecule has 0 spiro atoms. The Hall–Kier alpha value is -0.650. The standard InChI is InChI=1S/C15H14ClFIN/c1-19-15(8-10-2-5-12(18)6-3-10)13-7-4-11(17)9-14(13)16/h2-7,9,15,19H,8H2,1H3. The zero-order valence-electron chi connectivity index (χ0n) is 10.5. The summed E-state index contributed by atoms with van der Waals surface area (Å²) in [6, 6.07) is 13.0. The van der Waals surface area contributed by atoms with Crippen LogP contribution in [-0.2, 0) is 6.42 Å². The molecule has 0 saturated carbocycles. The van der Waals surface area contributed by atoms with Crippen molar-refractivity contribution in [3.05, 3.63) is 68.0 Å². The van der Waals surface area contributed by atoms with Crippen molar-refractivity contribution >= 4 is 34.2 Å². The van der Waals surface area contributed by atoms with E-state index in [9.17, 15) is 4.39 Å². The van der Waals surface area contributed by atoms with Gasteiger partial charge in [0.25, 0.3) is 0 Å². The minimum atomic E-state index is -0.308. The van der Waals surface area contributed by atoms with Crippen molar-refractivity contribution in [3.63, 3.8) is 0 Å². The molecule has 2 rings (SSSR count). The maximum atomic E-state index is 13.1. The summed E-state index contributed by atoms with van der Waals surface area (Å²) in [5, 5.41) is 3.70. The molecular formula is C15H14ClFIN. The van der Waals surface area contributed by atoms with Crippen LogP contribution in [0.4, 0.5) is 4.39 Å². The number of hydrogen-bond donors (Lipinski definition) is 1. The highest BCUT2D eigenvalue weighted by Crippen LogP contribution is 2.26. The molecule has 1 atom stereocenters. The molecule has 0 aliphatic carbocycles. The van der Waals surface area contributed by atoms with Crippen LogP contribution in [0.3, 0.4) is 0 Å². The molecule has 19 heavy (non-hydrogen) atoms. The smallest absolute Gasteiger partial charge is 0.124 e. The fourth-order valence-corrected chi connectivity index (χ4v) is 2.67. The van der Waals surface area contributed by atoms with Crippen LogP contribution in [-0.4, -0.2) is 7.05 Å². The SMILES string of the molecule is CNC(Cc1ccc(I)cc1)c1ccc(F)cc1Cl. The quantitative estimate of drug-likeness (QED) is 0.754. The Labute approximate surface area is 131 Å². The van der Waals surface area contributed by atoms with Crippen molar-refractivity contribution in [3.8, 4) is 0 Å². The van der Waals surface area contributed by atoms with Crippen molar-refractivity contribution in [1.29, 1.82) is 0 Å². The molecule has 0 amide bonds. The first kappa shape index (κ1) is 14.8. The van der Waals surface area contributed by atoms with Crippen LogP contribution in [0.2, 0.25) is 5.02 Å². The number of hydrogen-bond acceptors (Lipinski definition) is 1. The second-order valence-corrected chi connectivity index (χ2v) is 5.99. The lowest BCUT2D eigenvalue weighted by Gasteiger charge is -2.18. The van der Waals surface area contributed by atoms with Crippen LogP contribution in [0.5, 0.6) is 0 Å². The molecular weight excluding hydrogens is 376 g/mol. The van der Waals surface area contributed by atoms with Gasteiger partial charge in [-0.05, 0) is 71.5 Å². The molecule has 1 nitrogen and oxygen atoms in total. The summed E-state index contributed by atoms with van der Waals surface area (Å²) in [4.78, 5) is 0. The molecule has 4 heteroatoms. The molecule has 2 aromatic carbocycles. The van der Waals surface area contributed by atoms with E-state index in [0.29, 0.717) is 5.02 Å². The van der Waals surface area contributed by atoms with Gasteiger partial charge in [-0.3, -0.25) is 0 Å². The lowest BCUT2D eigenvalue weighted by Crippen LogP contribution is -2.19. The van der Waals surface area contributed by atoms with Gasteiger partial charge in [0.1, 0.15) is 5.82 Å². The van der Waals surface area contributed by atoms with E-state index in [4.69, 9.17) is 11.6 Å². The molecule has 0 fully saturated rings. The summed E-state index contributed by atoms with van der Waals surface area (Å²) in [6.45, 7) is 0. The van der Waals surface area contributed by atoms with E-state index in [2.05, 4.69) is 52.2 Å². The molecule has 0 aromatic heterocycles. The predicted molar refractivity (Wildman–Crippen MR) is 86.1 cm³/mol. The number of likely N-dealkylation sites (N-methyl/N-ethyl adjacent to an activating group) is 1. The summed E-state index contributed by atoms with van der Waals surface area (Å²) in [6.07, 6.45) is 0.818. The average molecular weight is 390 g/mol. The fraction of sp³-hybridized carbons (Fsp3) is 0.200. The van der Waals surface area contributed by atoms with Gasteiger partial charge in [-0.2, -0.15) is 0 Å². The van der Waals surface area contributed by atoms with Crippen LogP contribution < -0.4 is 5.32 Å². The highest BCUT2D eigenvalue weighted by atomic mass is 127. The lowest BCUT2D eigenvalue weighted by molar-refractivity contribution is 0.586. The van der Waals surface area contributed by atoms with Gasteiger partial charge in [-0.1, -0.05) is 29.8 Å². The zero-order valence-corrected chi connectivity index (χ0v) is 13.4. The van der Waals surface area contributed by atoms with Crippen LogP contribution in [0.1, 0.15) is 17.2 Å². The van der Waals surface area contributed by atoms with E-state index in [-0.39, 0.29) is 11.9 Å². The number of benzene rings is 2. The van der Waals surface area contributed by atoms with E-state index >= 15 is 0 Å². The predicted octanol–water partition coefficient (Wildman–Crippen LogP) is 4.59. The second-order valence-electron chi connectivity index (χ2n) is 4.34. The maximum absolute atomic E-state index is 13.1. The summed E-state index contributed by atoms with van der Waals surface area (Å²) in [5.74, 6) is -0.308. The van der Waals surface area contributed by atoms with Crippen LogP contribution >= 0.6 is 34.2 Å². The maximum Gasteiger partial charge on any atom is 0.124 e. The normalized spacial score (nSPS) is 12.4. The number of nitrogens with one attached hydrogen (secondary N) is 1. The van der Waals surface area contributed by atoms with Gasteiger partial charge >= 0.3 is 0 Å². The third kappa shape index (κ3) is 3.91. The van der Waals surface area contributed by atoms with Gasteiger partial charge in [-0.25, -0.2) is 4.39 Å². The molecule has 1 N–H and O–H groups in total. The average Bonchev–Trinajstić information content (AvgIpc) is 2.39. The first-order chi connectivity index (χ1) is 9.10. The van der Waals surface area contributed by atoms with Crippen molar-refractivity contribution in [1.82, 2.24) is 5.32 Å². The minimum Gasteiger partial charge on any atom is -0.313 e. The zero-order chi connectivity index (χ0) is 13.8. The third-order valence-electron chi connectivity index (χ3n) is 3.04. The van der Waals surface area contributed by atoms with Crippen molar-refractivity contribution in [2.75, 3.05) is 7.05 Å². The van der Waals surface area contributed by atoms with E-state index in [1.54, 1.807) is 6.07 Å². The Balaban J connectivity index is 2.22. The highest BCUT2D eigenvalue weighted by Gasteiger charge is 2.14. The van der Waals surface area contributed by atoms with E-state index in [0.717, 1.165) is 12.0 Å². The van der Waals surface area contributed by atoms with Crippen LogP contribution in [0.25, 0.3) is 0 Å². The number of rotatable bonds is 4. The molecule has 0 aliphatic rings. The Morgan fingerprint density at radius 3 is 2.47 bits per heavy atom. The van der Waals surface area contributed by atoms with E-state index in [1.165, 1.54) is 21.3 Å². The van der Waals surface area contributed by atoms with E-state index < -0.39 is 0 Å². The molecule has 2 aromatic rings. The van der Waals surface area contributed by atoms with Gasteiger partial charge in [0.2, 0.25) is 0 Å². The Morgan fingerprint density at radius 2 is 1.89 bits per heavy atom. The van der Waals surface area contributed by atoms with Gasteiger partial charge < -0.3 is 5.32 Å². The summed E-state index contributed by atoms with van der Waals surface area (Å²) in [7, 11) is 1.89. The van der Waals surface area contributed by atoms with Gasteiger partial charge in [-0.15, -0.1) is 0 Å². The minimum absolute atomic E-state index is 0.0770. The largest absolute Gasteiger partial charge is 0.313 e. The molecule has 0 bridgehead atoms. The third-order valence-corrected chi connectivity index (χ3v) is 4.09. The molecule has 0 saturated heterocycles. The summed E-state index contributed by atoms with van der Waals surface area (Å²) < 4.78 is 14.3. The summed E-state index contributed by atoms with van der Waals surface area (Å²) >= 11 is 8.39. The Bertz CT molecular complexity index is 557. The second kappa shape index (κ2) is 6.68.